The maximum atomic E-state index is 6.02. The molecular weight excluding hydrogens is 222 g/mol. The Kier molecular flexibility index (Phi) is 3.70. The second-order valence-electron chi connectivity index (χ2n) is 4.68. The third-order valence-corrected chi connectivity index (χ3v) is 3.70. The fourth-order valence-electron chi connectivity index (χ4n) is 2.54. The zero-order valence-corrected chi connectivity index (χ0v) is 11.4. The Bertz CT molecular complexity index is 532. The molecule has 0 saturated carbocycles. The number of hydrogen-bond donors (Lipinski definition) is 1. The van der Waals surface area contributed by atoms with Gasteiger partial charge in [-0.2, -0.15) is 0 Å². The van der Waals surface area contributed by atoms with E-state index >= 15 is 0 Å². The number of fused-ring (bicyclic) bond motifs is 1. The molecule has 0 unspecified atom stereocenters. The molecule has 18 heavy (non-hydrogen) atoms. The van der Waals surface area contributed by atoms with Gasteiger partial charge in [-0.3, -0.25) is 4.98 Å². The number of nitrogens with two attached hydrogens (primary N) is 1. The van der Waals surface area contributed by atoms with Gasteiger partial charge in [-0.1, -0.05) is 13.8 Å². The molecule has 1 aromatic heterocycles. The molecule has 0 saturated heterocycles. The van der Waals surface area contributed by atoms with Gasteiger partial charge in [-0.15, -0.1) is 0 Å². The highest BCUT2D eigenvalue weighted by molar-refractivity contribution is 6.00. The lowest BCUT2D eigenvalue weighted by atomic mass is 10.1. The van der Waals surface area contributed by atoms with Crippen LogP contribution in [0.25, 0.3) is 10.8 Å². The molecule has 0 aliphatic carbocycles. The van der Waals surface area contributed by atoms with Gasteiger partial charge < -0.3 is 10.6 Å². The Labute approximate surface area is 109 Å². The molecule has 1 aromatic carbocycles. The normalized spacial score (nSPS) is 11.1. The van der Waals surface area contributed by atoms with Gasteiger partial charge in [0, 0.05) is 47.6 Å². The summed E-state index contributed by atoms with van der Waals surface area (Å²) in [6, 6.07) is 6.61. The Morgan fingerprint density at radius 1 is 1.17 bits per heavy atom. The molecule has 0 aliphatic heterocycles. The summed E-state index contributed by atoms with van der Waals surface area (Å²) in [5, 5.41) is 2.22. The molecule has 2 aromatic rings. The summed E-state index contributed by atoms with van der Waals surface area (Å²) < 4.78 is 0. The van der Waals surface area contributed by atoms with Crippen molar-refractivity contribution in [3.8, 4) is 0 Å². The van der Waals surface area contributed by atoms with Crippen LogP contribution in [0.3, 0.4) is 0 Å². The first-order valence-electron chi connectivity index (χ1n) is 6.54. The topological polar surface area (TPSA) is 42.1 Å². The molecule has 3 nitrogen and oxygen atoms in total. The van der Waals surface area contributed by atoms with Crippen LogP contribution in [0.4, 0.5) is 11.4 Å². The lowest BCUT2D eigenvalue weighted by Gasteiger charge is -2.29. The molecule has 0 bridgehead atoms. The van der Waals surface area contributed by atoms with E-state index in [1.807, 2.05) is 18.3 Å². The summed E-state index contributed by atoms with van der Waals surface area (Å²) in [7, 11) is 2.15. The van der Waals surface area contributed by atoms with Gasteiger partial charge in [0.2, 0.25) is 0 Å². The zero-order valence-electron chi connectivity index (χ0n) is 11.4. The lowest BCUT2D eigenvalue weighted by Crippen LogP contribution is -2.30. The highest BCUT2D eigenvalue weighted by Gasteiger charge is 2.14. The average molecular weight is 243 g/mol. The van der Waals surface area contributed by atoms with E-state index in [9.17, 15) is 0 Å². The van der Waals surface area contributed by atoms with Gasteiger partial charge in [-0.05, 0) is 31.0 Å². The molecule has 3 heteroatoms. The Morgan fingerprint density at radius 2 is 1.89 bits per heavy atom. The largest absolute Gasteiger partial charge is 0.398 e. The molecule has 0 amide bonds. The van der Waals surface area contributed by atoms with Crippen LogP contribution in [-0.2, 0) is 0 Å². The number of benzene rings is 1. The van der Waals surface area contributed by atoms with E-state index in [0.717, 1.165) is 29.3 Å². The number of hydrogen-bond acceptors (Lipinski definition) is 3. The summed E-state index contributed by atoms with van der Waals surface area (Å²) >= 11 is 0. The van der Waals surface area contributed by atoms with Crippen LogP contribution in [0, 0.1) is 0 Å². The number of nitrogen functional groups attached to an aromatic ring is 1. The van der Waals surface area contributed by atoms with Gasteiger partial charge >= 0.3 is 0 Å². The van der Waals surface area contributed by atoms with E-state index in [1.54, 1.807) is 6.20 Å². The third-order valence-electron chi connectivity index (χ3n) is 3.70. The summed E-state index contributed by atoms with van der Waals surface area (Å²) in [5.74, 6) is 0. The minimum atomic E-state index is 0.553. The van der Waals surface area contributed by atoms with Crippen molar-refractivity contribution in [3.63, 3.8) is 0 Å². The molecule has 0 radical (unpaired) electrons. The quantitative estimate of drug-likeness (QED) is 0.836. The van der Waals surface area contributed by atoms with Crippen LogP contribution in [0.1, 0.15) is 26.7 Å². The van der Waals surface area contributed by atoms with Gasteiger partial charge in [-0.25, -0.2) is 0 Å². The molecule has 1 heterocycles. The van der Waals surface area contributed by atoms with Crippen molar-refractivity contribution >= 4 is 22.1 Å². The third kappa shape index (κ3) is 2.13. The van der Waals surface area contributed by atoms with Crippen LogP contribution in [0.15, 0.2) is 30.6 Å². The van der Waals surface area contributed by atoms with Crippen molar-refractivity contribution in [2.45, 2.75) is 32.7 Å². The van der Waals surface area contributed by atoms with Crippen molar-refractivity contribution in [2.75, 3.05) is 17.7 Å². The van der Waals surface area contributed by atoms with E-state index in [-0.39, 0.29) is 0 Å². The number of aromatic nitrogens is 1. The highest BCUT2D eigenvalue weighted by Crippen LogP contribution is 2.31. The minimum Gasteiger partial charge on any atom is -0.398 e. The monoisotopic (exact) mass is 243 g/mol. The minimum absolute atomic E-state index is 0.553. The predicted octanol–water partition coefficient (Wildman–Crippen LogP) is 3.44. The lowest BCUT2D eigenvalue weighted by molar-refractivity contribution is 0.593. The fourth-order valence-corrected chi connectivity index (χ4v) is 2.54. The number of anilines is 2. The standard InChI is InChI=1S/C15H21N3/c1-4-11(5-2)18(3)15-7-6-14(16)12-8-9-17-10-13(12)15/h6-11H,4-5,16H2,1-3H3. The van der Waals surface area contributed by atoms with E-state index < -0.39 is 0 Å². The SMILES string of the molecule is CCC(CC)N(C)c1ccc(N)c2ccncc12. The number of rotatable bonds is 4. The van der Waals surface area contributed by atoms with E-state index in [1.165, 1.54) is 5.69 Å². The first-order chi connectivity index (χ1) is 8.69. The predicted molar refractivity (Wildman–Crippen MR) is 78.9 cm³/mol. The second kappa shape index (κ2) is 5.25. The smallest absolute Gasteiger partial charge is 0.0462 e. The van der Waals surface area contributed by atoms with E-state index in [4.69, 9.17) is 5.73 Å². The van der Waals surface area contributed by atoms with Gasteiger partial charge in [0.25, 0.3) is 0 Å². The van der Waals surface area contributed by atoms with Gasteiger partial charge in [0.1, 0.15) is 0 Å². The molecule has 2 N–H and O–H groups in total. The molecule has 0 fully saturated rings. The van der Waals surface area contributed by atoms with Crippen LogP contribution in [0.5, 0.6) is 0 Å². The fraction of sp³-hybridized carbons (Fsp3) is 0.400. The number of nitrogens with zero attached hydrogens (tertiary/aromatic N) is 2. The van der Waals surface area contributed by atoms with Crippen molar-refractivity contribution in [1.29, 1.82) is 0 Å². The van der Waals surface area contributed by atoms with Crippen LogP contribution < -0.4 is 10.6 Å². The van der Waals surface area contributed by atoms with Crippen LogP contribution in [0.2, 0.25) is 0 Å². The molecule has 2 rings (SSSR count). The molecule has 96 valence electrons. The Balaban J connectivity index is 2.54. The van der Waals surface area contributed by atoms with Gasteiger partial charge in [0.05, 0.1) is 0 Å². The molecule has 0 spiro atoms. The summed E-state index contributed by atoms with van der Waals surface area (Å²) in [6.07, 6.45) is 5.97. The summed E-state index contributed by atoms with van der Waals surface area (Å²) in [6.45, 7) is 4.45. The van der Waals surface area contributed by atoms with Crippen molar-refractivity contribution in [3.05, 3.63) is 30.6 Å². The maximum Gasteiger partial charge on any atom is 0.0462 e. The second-order valence-corrected chi connectivity index (χ2v) is 4.68. The first-order valence-corrected chi connectivity index (χ1v) is 6.54. The van der Waals surface area contributed by atoms with E-state index in [0.29, 0.717) is 6.04 Å². The Hall–Kier alpha value is -1.77. The number of pyridine rings is 1. The maximum absolute atomic E-state index is 6.02. The molecular formula is C15H21N3. The highest BCUT2D eigenvalue weighted by atomic mass is 15.1. The first kappa shape index (κ1) is 12.7. The zero-order chi connectivity index (χ0) is 13.1. The van der Waals surface area contributed by atoms with Crippen molar-refractivity contribution in [2.24, 2.45) is 0 Å². The summed E-state index contributed by atoms with van der Waals surface area (Å²) in [5.41, 5.74) is 8.04. The molecule has 0 atom stereocenters. The van der Waals surface area contributed by atoms with Crippen molar-refractivity contribution in [1.82, 2.24) is 4.98 Å². The molecule has 0 aliphatic rings. The van der Waals surface area contributed by atoms with Crippen LogP contribution in [-0.4, -0.2) is 18.1 Å². The van der Waals surface area contributed by atoms with Gasteiger partial charge in [0.15, 0.2) is 0 Å². The van der Waals surface area contributed by atoms with E-state index in [2.05, 4.69) is 36.8 Å². The summed E-state index contributed by atoms with van der Waals surface area (Å²) in [4.78, 5) is 6.56. The van der Waals surface area contributed by atoms with Crippen LogP contribution >= 0.6 is 0 Å². The Morgan fingerprint density at radius 3 is 2.56 bits per heavy atom. The van der Waals surface area contributed by atoms with Crippen molar-refractivity contribution < 1.29 is 0 Å². The average Bonchev–Trinajstić information content (AvgIpc) is 2.41.